The second-order valence-electron chi connectivity index (χ2n) is 7.75. The normalized spacial score (nSPS) is 14.0. The van der Waals surface area contributed by atoms with Gasteiger partial charge in [-0.3, -0.25) is 4.79 Å². The lowest BCUT2D eigenvalue weighted by Crippen LogP contribution is -2.25. The average molecular weight is 437 g/mol. The van der Waals surface area contributed by atoms with Crippen molar-refractivity contribution < 1.29 is 9.53 Å². The van der Waals surface area contributed by atoms with Gasteiger partial charge in [-0.25, -0.2) is 4.98 Å². The van der Waals surface area contributed by atoms with Gasteiger partial charge in [0.05, 0.1) is 5.02 Å². The molecule has 160 valence electrons. The summed E-state index contributed by atoms with van der Waals surface area (Å²) in [6.07, 6.45) is 3.35. The van der Waals surface area contributed by atoms with Crippen LogP contribution in [0.2, 0.25) is 5.02 Å². The van der Waals surface area contributed by atoms with Crippen molar-refractivity contribution in [3.63, 3.8) is 0 Å². The molecule has 31 heavy (non-hydrogen) atoms. The Morgan fingerprint density at radius 1 is 1.26 bits per heavy atom. The number of fused-ring (bicyclic) bond motifs is 1. The summed E-state index contributed by atoms with van der Waals surface area (Å²) in [5.74, 6) is 0.557. The molecule has 7 heteroatoms. The number of nitrogens with two attached hydrogens (primary N) is 1. The lowest BCUT2D eigenvalue weighted by atomic mass is 9.99. The van der Waals surface area contributed by atoms with E-state index in [1.54, 1.807) is 6.07 Å². The number of halogens is 1. The number of rotatable bonds is 5. The molecular weight excluding hydrogens is 412 g/mol. The van der Waals surface area contributed by atoms with E-state index in [2.05, 4.69) is 28.3 Å². The first kappa shape index (κ1) is 21.0. The van der Waals surface area contributed by atoms with Crippen LogP contribution < -0.4 is 20.7 Å². The molecule has 3 aromatic rings. The highest BCUT2D eigenvalue weighted by Gasteiger charge is 2.17. The van der Waals surface area contributed by atoms with Crippen LogP contribution in [0.3, 0.4) is 0 Å². The number of hydrogen-bond donors (Lipinski definition) is 2. The van der Waals surface area contributed by atoms with Gasteiger partial charge in [0, 0.05) is 42.8 Å². The number of hydrogen-bond acceptors (Lipinski definition) is 5. The van der Waals surface area contributed by atoms with Gasteiger partial charge < -0.3 is 20.7 Å². The monoisotopic (exact) mass is 436 g/mol. The first-order valence-corrected chi connectivity index (χ1v) is 10.6. The molecular formula is C24H25ClN4O2. The molecule has 0 aliphatic carbocycles. The summed E-state index contributed by atoms with van der Waals surface area (Å²) >= 11 is 5.99. The molecule has 4 rings (SSSR count). The van der Waals surface area contributed by atoms with Crippen LogP contribution in [-0.4, -0.2) is 24.5 Å². The van der Waals surface area contributed by atoms with Crippen LogP contribution in [0, 0.1) is 0 Å². The average Bonchev–Trinajstić information content (AvgIpc) is 2.76. The van der Waals surface area contributed by atoms with E-state index in [0.29, 0.717) is 22.0 Å². The molecule has 2 heterocycles. The van der Waals surface area contributed by atoms with Crippen LogP contribution in [0.15, 0.2) is 54.7 Å². The Balaban J connectivity index is 1.49. The zero-order chi connectivity index (χ0) is 22.0. The zero-order valence-corrected chi connectivity index (χ0v) is 18.3. The number of pyridine rings is 1. The Morgan fingerprint density at radius 3 is 2.94 bits per heavy atom. The topological polar surface area (TPSA) is 80.5 Å². The van der Waals surface area contributed by atoms with E-state index in [1.165, 1.54) is 11.8 Å². The van der Waals surface area contributed by atoms with Gasteiger partial charge in [-0.1, -0.05) is 29.8 Å². The van der Waals surface area contributed by atoms with Crippen LogP contribution in [0.25, 0.3) is 0 Å². The minimum atomic E-state index is -0.309. The maximum atomic E-state index is 12.9. The van der Waals surface area contributed by atoms with E-state index in [-0.39, 0.29) is 17.8 Å². The number of nitrogens with zero attached hydrogens (tertiary/aromatic N) is 2. The minimum absolute atomic E-state index is 0.143. The van der Waals surface area contributed by atoms with E-state index in [0.717, 1.165) is 30.6 Å². The van der Waals surface area contributed by atoms with E-state index in [9.17, 15) is 4.79 Å². The first-order valence-electron chi connectivity index (χ1n) is 10.2. The Bertz CT molecular complexity index is 1120. The predicted octanol–water partition coefficient (Wildman–Crippen LogP) is 5.09. The lowest BCUT2D eigenvalue weighted by molar-refractivity contribution is 0.102. The Kier molecular flexibility index (Phi) is 6.00. The summed E-state index contributed by atoms with van der Waals surface area (Å²) in [6.45, 7) is 2.91. The molecule has 1 aliphatic heterocycles. The van der Waals surface area contributed by atoms with E-state index < -0.39 is 0 Å². The summed E-state index contributed by atoms with van der Waals surface area (Å²) < 4.78 is 5.94. The quantitative estimate of drug-likeness (QED) is 0.582. The van der Waals surface area contributed by atoms with Crippen molar-refractivity contribution in [3.8, 4) is 5.75 Å². The summed E-state index contributed by atoms with van der Waals surface area (Å²) in [5.41, 5.74) is 10.5. The van der Waals surface area contributed by atoms with Crippen LogP contribution in [0.5, 0.6) is 5.75 Å². The number of carbonyl (C=O) groups is 1. The van der Waals surface area contributed by atoms with Gasteiger partial charge >= 0.3 is 0 Å². The number of nitrogen functional groups attached to an aromatic ring is 1. The molecule has 0 saturated carbocycles. The third kappa shape index (κ3) is 4.75. The van der Waals surface area contributed by atoms with Gasteiger partial charge in [0.25, 0.3) is 5.91 Å². The largest absolute Gasteiger partial charge is 0.482 e. The SMILES string of the molecule is C[C@@H](Oc1cc(Cl)cnc1N)c1cccc(NC(=O)c2ccc3c(c2)N(C)CCC3)c1. The molecule has 1 atom stereocenters. The predicted molar refractivity (Wildman–Crippen MR) is 125 cm³/mol. The van der Waals surface area contributed by atoms with Crippen LogP contribution in [-0.2, 0) is 6.42 Å². The number of carbonyl (C=O) groups excluding carboxylic acids is 1. The molecule has 3 N–H and O–H groups in total. The van der Waals surface area contributed by atoms with Crippen LogP contribution in [0.4, 0.5) is 17.2 Å². The highest BCUT2D eigenvalue weighted by molar-refractivity contribution is 6.30. The maximum Gasteiger partial charge on any atom is 0.255 e. The fourth-order valence-corrected chi connectivity index (χ4v) is 3.90. The molecule has 0 fully saturated rings. The summed E-state index contributed by atoms with van der Waals surface area (Å²) in [7, 11) is 2.06. The highest BCUT2D eigenvalue weighted by atomic mass is 35.5. The Labute approximate surface area is 187 Å². The molecule has 6 nitrogen and oxygen atoms in total. The molecule has 1 aliphatic rings. The van der Waals surface area contributed by atoms with Crippen molar-refractivity contribution in [3.05, 3.63) is 76.4 Å². The van der Waals surface area contributed by atoms with E-state index >= 15 is 0 Å². The summed E-state index contributed by atoms with van der Waals surface area (Å²) in [4.78, 5) is 19.1. The van der Waals surface area contributed by atoms with Crippen molar-refractivity contribution >= 4 is 34.7 Å². The molecule has 2 aromatic carbocycles. The number of anilines is 3. The minimum Gasteiger partial charge on any atom is -0.482 e. The summed E-state index contributed by atoms with van der Waals surface area (Å²) in [5, 5.41) is 3.44. The van der Waals surface area contributed by atoms with Crippen molar-refractivity contribution in [1.82, 2.24) is 4.98 Å². The first-order chi connectivity index (χ1) is 14.9. The van der Waals surface area contributed by atoms with Crippen LogP contribution in [0.1, 0.15) is 40.9 Å². The number of benzene rings is 2. The fraction of sp³-hybridized carbons (Fsp3) is 0.250. The van der Waals surface area contributed by atoms with Crippen LogP contribution >= 0.6 is 11.6 Å². The van der Waals surface area contributed by atoms with Crippen molar-refractivity contribution in [2.75, 3.05) is 29.5 Å². The highest BCUT2D eigenvalue weighted by Crippen LogP contribution is 2.30. The molecule has 0 radical (unpaired) electrons. The van der Waals surface area contributed by atoms with Gasteiger partial charge in [-0.15, -0.1) is 0 Å². The fourth-order valence-electron chi connectivity index (χ4n) is 3.76. The molecule has 0 unspecified atom stereocenters. The standard InChI is InChI=1S/C24H25ClN4O2/c1-15(31-22-13-19(25)14-27-23(22)26)17-5-3-7-20(11-17)28-24(30)18-9-8-16-6-4-10-29(2)21(16)12-18/h3,5,7-9,11-15H,4,6,10H2,1-2H3,(H2,26,27)(H,28,30)/t15-/m1/s1. The number of amides is 1. The van der Waals surface area contributed by atoms with Crippen molar-refractivity contribution in [2.45, 2.75) is 25.9 Å². The third-order valence-electron chi connectivity index (χ3n) is 5.46. The molecule has 1 amide bonds. The van der Waals surface area contributed by atoms with Gasteiger partial charge in [0.1, 0.15) is 6.10 Å². The molecule has 0 bridgehead atoms. The second kappa shape index (κ2) is 8.86. The van der Waals surface area contributed by atoms with E-state index in [4.69, 9.17) is 22.1 Å². The molecule has 0 saturated heterocycles. The van der Waals surface area contributed by atoms with Crippen molar-refractivity contribution in [2.24, 2.45) is 0 Å². The number of ether oxygens (including phenoxy) is 1. The van der Waals surface area contributed by atoms with Gasteiger partial charge in [0.15, 0.2) is 11.6 Å². The Morgan fingerprint density at radius 2 is 2.10 bits per heavy atom. The van der Waals surface area contributed by atoms with Gasteiger partial charge in [-0.05, 0) is 55.2 Å². The maximum absolute atomic E-state index is 12.9. The lowest BCUT2D eigenvalue weighted by Gasteiger charge is -2.27. The smallest absolute Gasteiger partial charge is 0.255 e. The third-order valence-corrected chi connectivity index (χ3v) is 5.67. The van der Waals surface area contributed by atoms with Gasteiger partial charge in [0.2, 0.25) is 0 Å². The zero-order valence-electron chi connectivity index (χ0n) is 17.6. The number of aromatic nitrogens is 1. The van der Waals surface area contributed by atoms with Crippen molar-refractivity contribution in [1.29, 1.82) is 0 Å². The number of aryl methyl sites for hydroxylation is 1. The second-order valence-corrected chi connectivity index (χ2v) is 8.18. The molecule has 0 spiro atoms. The van der Waals surface area contributed by atoms with E-state index in [1.807, 2.05) is 43.3 Å². The molecule has 1 aromatic heterocycles. The Hall–Kier alpha value is -3.25. The van der Waals surface area contributed by atoms with Gasteiger partial charge in [-0.2, -0.15) is 0 Å². The number of nitrogens with one attached hydrogen (secondary N) is 1. The summed E-state index contributed by atoms with van der Waals surface area (Å²) in [6, 6.07) is 15.1.